The van der Waals surface area contributed by atoms with Crippen molar-refractivity contribution in [2.45, 2.75) is 0 Å². The standard InChI is InChI=1S/C29H17N3O/c1-2-8-18(9-3-1)28-23-14-22(19-15-30-17-31-16-19)29-27(21-11-5-7-13-25(21)33-29)26(23)20-10-4-6-12-24(20)32-28/h1-17H. The van der Waals surface area contributed by atoms with Crippen molar-refractivity contribution in [2.75, 3.05) is 0 Å². The van der Waals surface area contributed by atoms with E-state index in [0.29, 0.717) is 0 Å². The highest BCUT2D eigenvalue weighted by atomic mass is 16.3. The third-order valence-electron chi connectivity index (χ3n) is 6.23. The fraction of sp³-hybridized carbons (Fsp3) is 0. The molecule has 0 aliphatic heterocycles. The van der Waals surface area contributed by atoms with Gasteiger partial charge in [-0.15, -0.1) is 0 Å². The van der Waals surface area contributed by atoms with Crippen LogP contribution in [0.25, 0.3) is 66.0 Å². The van der Waals surface area contributed by atoms with Gasteiger partial charge in [-0.2, -0.15) is 0 Å². The number of aromatic nitrogens is 3. The molecule has 3 heterocycles. The first kappa shape index (κ1) is 18.0. The maximum absolute atomic E-state index is 6.46. The van der Waals surface area contributed by atoms with Crippen molar-refractivity contribution in [1.82, 2.24) is 15.0 Å². The van der Waals surface area contributed by atoms with E-state index in [0.717, 1.165) is 66.0 Å². The maximum Gasteiger partial charge on any atom is 0.144 e. The number of nitrogens with zero attached hydrogens (tertiary/aromatic N) is 3. The monoisotopic (exact) mass is 423 g/mol. The smallest absolute Gasteiger partial charge is 0.144 e. The molecule has 7 aromatic rings. The summed E-state index contributed by atoms with van der Waals surface area (Å²) in [6, 6.07) is 29.1. The molecule has 4 aromatic carbocycles. The number of para-hydroxylation sites is 2. The normalized spacial score (nSPS) is 11.6. The van der Waals surface area contributed by atoms with Crippen molar-refractivity contribution in [3.8, 4) is 22.4 Å². The molecule has 0 amide bonds. The summed E-state index contributed by atoms with van der Waals surface area (Å²) in [5, 5.41) is 5.53. The van der Waals surface area contributed by atoms with Crippen LogP contribution in [0.5, 0.6) is 0 Å². The van der Waals surface area contributed by atoms with Gasteiger partial charge in [0.05, 0.1) is 11.2 Å². The predicted octanol–water partition coefficient (Wildman–Crippen LogP) is 7.41. The van der Waals surface area contributed by atoms with Gasteiger partial charge in [0, 0.05) is 56.0 Å². The van der Waals surface area contributed by atoms with Crippen LogP contribution < -0.4 is 0 Å². The Labute approximate surface area is 189 Å². The van der Waals surface area contributed by atoms with Crippen LogP contribution >= 0.6 is 0 Å². The molecular weight excluding hydrogens is 406 g/mol. The molecule has 0 spiro atoms. The van der Waals surface area contributed by atoms with E-state index in [1.807, 2.05) is 36.7 Å². The van der Waals surface area contributed by atoms with Gasteiger partial charge in [0.25, 0.3) is 0 Å². The second-order valence-electron chi connectivity index (χ2n) is 8.12. The van der Waals surface area contributed by atoms with Gasteiger partial charge in [0.2, 0.25) is 0 Å². The average Bonchev–Trinajstić information content (AvgIpc) is 3.28. The Hall–Kier alpha value is -4.57. The van der Waals surface area contributed by atoms with Crippen LogP contribution in [-0.2, 0) is 0 Å². The molecule has 0 saturated heterocycles. The number of benzene rings is 4. The summed E-state index contributed by atoms with van der Waals surface area (Å²) < 4.78 is 6.46. The lowest BCUT2D eigenvalue weighted by atomic mass is 9.92. The molecule has 0 aliphatic rings. The number of rotatable bonds is 2. The van der Waals surface area contributed by atoms with Gasteiger partial charge in [-0.25, -0.2) is 15.0 Å². The first-order chi connectivity index (χ1) is 16.4. The predicted molar refractivity (Wildman–Crippen MR) is 133 cm³/mol. The lowest BCUT2D eigenvalue weighted by Gasteiger charge is -2.13. The zero-order valence-electron chi connectivity index (χ0n) is 17.6. The number of hydrogen-bond donors (Lipinski definition) is 0. The Morgan fingerprint density at radius 1 is 0.606 bits per heavy atom. The van der Waals surface area contributed by atoms with Crippen LogP contribution in [0, 0.1) is 0 Å². The Balaban J connectivity index is 1.79. The lowest BCUT2D eigenvalue weighted by Crippen LogP contribution is -1.92. The minimum absolute atomic E-state index is 0.842. The summed E-state index contributed by atoms with van der Waals surface area (Å²) >= 11 is 0. The summed E-state index contributed by atoms with van der Waals surface area (Å²) in [5.41, 5.74) is 6.57. The molecule has 0 aliphatic carbocycles. The minimum Gasteiger partial charge on any atom is -0.455 e. The highest BCUT2D eigenvalue weighted by Crippen LogP contribution is 2.45. The van der Waals surface area contributed by atoms with Gasteiger partial charge in [-0.3, -0.25) is 0 Å². The highest BCUT2D eigenvalue weighted by Gasteiger charge is 2.21. The van der Waals surface area contributed by atoms with Gasteiger partial charge in [-0.05, 0) is 18.2 Å². The fourth-order valence-electron chi connectivity index (χ4n) is 4.80. The van der Waals surface area contributed by atoms with Crippen LogP contribution in [0.4, 0.5) is 0 Å². The second kappa shape index (κ2) is 6.97. The third-order valence-corrected chi connectivity index (χ3v) is 6.23. The Morgan fingerprint density at radius 2 is 1.33 bits per heavy atom. The van der Waals surface area contributed by atoms with Crippen molar-refractivity contribution >= 4 is 43.6 Å². The summed E-state index contributed by atoms with van der Waals surface area (Å²) in [6.07, 6.45) is 5.21. The van der Waals surface area contributed by atoms with Crippen molar-refractivity contribution < 1.29 is 4.42 Å². The third kappa shape index (κ3) is 2.68. The van der Waals surface area contributed by atoms with Crippen LogP contribution in [0.3, 0.4) is 0 Å². The molecule has 0 bridgehead atoms. The van der Waals surface area contributed by atoms with E-state index in [2.05, 4.69) is 70.6 Å². The highest BCUT2D eigenvalue weighted by molar-refractivity contribution is 6.30. The summed E-state index contributed by atoms with van der Waals surface area (Å²) in [5.74, 6) is 0. The molecule has 0 N–H and O–H groups in total. The van der Waals surface area contributed by atoms with Crippen molar-refractivity contribution in [2.24, 2.45) is 0 Å². The molecule has 0 saturated carbocycles. The van der Waals surface area contributed by atoms with Crippen molar-refractivity contribution in [3.63, 3.8) is 0 Å². The van der Waals surface area contributed by atoms with Crippen LogP contribution in [0.15, 0.2) is 108 Å². The van der Waals surface area contributed by atoms with Gasteiger partial charge in [-0.1, -0.05) is 66.7 Å². The largest absolute Gasteiger partial charge is 0.455 e. The number of pyridine rings is 1. The average molecular weight is 423 g/mol. The molecule has 3 aromatic heterocycles. The molecule has 0 atom stereocenters. The van der Waals surface area contributed by atoms with E-state index in [-0.39, 0.29) is 0 Å². The fourth-order valence-corrected chi connectivity index (χ4v) is 4.80. The van der Waals surface area contributed by atoms with Gasteiger partial charge < -0.3 is 4.42 Å². The quantitative estimate of drug-likeness (QED) is 0.272. The molecule has 0 fully saturated rings. The van der Waals surface area contributed by atoms with Crippen molar-refractivity contribution in [3.05, 3.63) is 104 Å². The van der Waals surface area contributed by atoms with Crippen molar-refractivity contribution in [1.29, 1.82) is 0 Å². The Kier molecular flexibility index (Phi) is 3.81. The zero-order chi connectivity index (χ0) is 21.8. The summed E-state index contributed by atoms with van der Waals surface area (Å²) in [6.45, 7) is 0. The van der Waals surface area contributed by atoms with E-state index in [1.165, 1.54) is 0 Å². The zero-order valence-corrected chi connectivity index (χ0v) is 17.6. The first-order valence-corrected chi connectivity index (χ1v) is 10.9. The number of fused-ring (bicyclic) bond motifs is 7. The molecule has 4 heteroatoms. The van der Waals surface area contributed by atoms with E-state index in [1.54, 1.807) is 6.33 Å². The Morgan fingerprint density at radius 3 is 2.18 bits per heavy atom. The molecule has 4 nitrogen and oxygen atoms in total. The number of hydrogen-bond acceptors (Lipinski definition) is 4. The van der Waals surface area contributed by atoms with E-state index < -0.39 is 0 Å². The van der Waals surface area contributed by atoms with Gasteiger partial charge in [0.1, 0.15) is 17.5 Å². The summed E-state index contributed by atoms with van der Waals surface area (Å²) in [4.78, 5) is 13.6. The van der Waals surface area contributed by atoms with Crippen LogP contribution in [0.1, 0.15) is 0 Å². The van der Waals surface area contributed by atoms with Gasteiger partial charge in [0.15, 0.2) is 0 Å². The number of furan rings is 1. The Bertz CT molecular complexity index is 1770. The van der Waals surface area contributed by atoms with Gasteiger partial charge >= 0.3 is 0 Å². The van der Waals surface area contributed by atoms with E-state index in [9.17, 15) is 0 Å². The molecule has 154 valence electrons. The van der Waals surface area contributed by atoms with E-state index in [4.69, 9.17) is 9.40 Å². The molecule has 0 unspecified atom stereocenters. The summed E-state index contributed by atoms with van der Waals surface area (Å²) in [7, 11) is 0. The molecule has 7 rings (SSSR count). The SMILES string of the molecule is c1ccc(-c2nc3ccccc3c3c2cc(-c2cncnc2)c2oc4ccccc4c23)cc1. The molecule has 33 heavy (non-hydrogen) atoms. The van der Waals surface area contributed by atoms with E-state index >= 15 is 0 Å². The first-order valence-electron chi connectivity index (χ1n) is 10.9. The molecular formula is C29H17N3O. The molecule has 0 radical (unpaired) electrons. The second-order valence-corrected chi connectivity index (χ2v) is 8.12. The minimum atomic E-state index is 0.842. The topological polar surface area (TPSA) is 51.8 Å². The van der Waals surface area contributed by atoms with Crippen LogP contribution in [-0.4, -0.2) is 15.0 Å². The maximum atomic E-state index is 6.46. The lowest BCUT2D eigenvalue weighted by molar-refractivity contribution is 0.670. The van der Waals surface area contributed by atoms with Crippen LogP contribution in [0.2, 0.25) is 0 Å².